The number of fused-ring (bicyclic) bond motifs is 2. The summed E-state index contributed by atoms with van der Waals surface area (Å²) in [7, 11) is 0. The highest BCUT2D eigenvalue weighted by atomic mass is 79.9. The van der Waals surface area contributed by atoms with Gasteiger partial charge < -0.3 is 9.47 Å². The maximum Gasteiger partial charge on any atom is 0.235 e. The molecule has 2 bridgehead atoms. The van der Waals surface area contributed by atoms with Crippen LogP contribution in [0.4, 0.5) is 5.69 Å². The fraction of sp³-hybridized carbons (Fsp3) is 0.500. The number of hydrogen-bond acceptors (Lipinski definition) is 5. The predicted molar refractivity (Wildman–Crippen MR) is 89.5 cm³/mol. The van der Waals surface area contributed by atoms with Crippen LogP contribution >= 0.6 is 15.9 Å². The van der Waals surface area contributed by atoms with E-state index in [2.05, 4.69) is 22.0 Å². The molecule has 4 aliphatic rings. The number of ether oxygens (including phenoxy) is 2. The lowest BCUT2D eigenvalue weighted by Crippen LogP contribution is -2.55. The molecular formula is C18H15BrN2O4. The fourth-order valence-corrected chi connectivity index (χ4v) is 5.64. The van der Waals surface area contributed by atoms with E-state index < -0.39 is 17.4 Å². The number of carbonyl (C=O) groups is 2. The Balaban J connectivity index is 1.63. The molecule has 128 valence electrons. The van der Waals surface area contributed by atoms with Gasteiger partial charge in [0.05, 0.1) is 29.6 Å². The van der Waals surface area contributed by atoms with E-state index in [-0.39, 0.29) is 29.9 Å². The van der Waals surface area contributed by atoms with Crippen LogP contribution in [0.1, 0.15) is 25.3 Å². The summed E-state index contributed by atoms with van der Waals surface area (Å²) in [5.41, 5.74) is -0.454. The Hall–Kier alpha value is -1.75. The van der Waals surface area contributed by atoms with Gasteiger partial charge in [-0.15, -0.1) is 0 Å². The molecule has 0 saturated carbocycles. The Morgan fingerprint density at radius 3 is 2.92 bits per heavy atom. The smallest absolute Gasteiger partial charge is 0.235 e. The molecule has 4 fully saturated rings. The summed E-state index contributed by atoms with van der Waals surface area (Å²) in [6, 6.07) is 7.28. The molecule has 4 saturated heterocycles. The van der Waals surface area contributed by atoms with Crippen molar-refractivity contribution in [3.63, 3.8) is 0 Å². The summed E-state index contributed by atoms with van der Waals surface area (Å²) >= 11 is 3.38. The molecule has 1 amide bonds. The highest BCUT2D eigenvalue weighted by Gasteiger charge is 2.78. The minimum Gasteiger partial charge on any atom is -0.359 e. The third-order valence-electron chi connectivity index (χ3n) is 6.13. The van der Waals surface area contributed by atoms with Gasteiger partial charge in [-0.1, -0.05) is 0 Å². The zero-order valence-electron chi connectivity index (χ0n) is 13.5. The van der Waals surface area contributed by atoms with Crippen LogP contribution in [-0.2, 0) is 19.1 Å². The van der Waals surface area contributed by atoms with Crippen molar-refractivity contribution in [1.82, 2.24) is 0 Å². The molecule has 0 N–H and O–H groups in total. The van der Waals surface area contributed by atoms with Crippen molar-refractivity contribution in [2.24, 2.45) is 11.8 Å². The number of ketones is 1. The summed E-state index contributed by atoms with van der Waals surface area (Å²) in [6.45, 7) is 2.26. The van der Waals surface area contributed by atoms with E-state index in [9.17, 15) is 9.59 Å². The van der Waals surface area contributed by atoms with E-state index in [4.69, 9.17) is 14.7 Å². The maximum atomic E-state index is 13.3. The number of halogens is 1. The van der Waals surface area contributed by atoms with E-state index in [1.54, 1.807) is 23.1 Å². The molecule has 0 aliphatic carbocycles. The van der Waals surface area contributed by atoms with Crippen molar-refractivity contribution in [1.29, 1.82) is 5.26 Å². The van der Waals surface area contributed by atoms with Crippen molar-refractivity contribution < 1.29 is 19.1 Å². The lowest BCUT2D eigenvalue weighted by molar-refractivity contribution is -0.158. The number of anilines is 1. The first kappa shape index (κ1) is 15.5. The van der Waals surface area contributed by atoms with Gasteiger partial charge in [-0.3, -0.25) is 14.5 Å². The van der Waals surface area contributed by atoms with Crippen molar-refractivity contribution in [2.75, 3.05) is 11.5 Å². The first-order valence-corrected chi connectivity index (χ1v) is 9.08. The molecule has 1 aromatic rings. The zero-order valence-corrected chi connectivity index (χ0v) is 15.1. The lowest BCUT2D eigenvalue weighted by Gasteiger charge is -2.40. The van der Waals surface area contributed by atoms with Gasteiger partial charge in [0.2, 0.25) is 5.91 Å². The van der Waals surface area contributed by atoms with Crippen LogP contribution in [0.3, 0.4) is 0 Å². The van der Waals surface area contributed by atoms with Gasteiger partial charge in [0.15, 0.2) is 5.78 Å². The molecule has 1 aromatic carbocycles. The van der Waals surface area contributed by atoms with Crippen LogP contribution in [0.25, 0.3) is 0 Å². The molecule has 0 unspecified atom stereocenters. The first-order valence-electron chi connectivity index (χ1n) is 8.29. The third kappa shape index (κ3) is 1.70. The molecule has 0 radical (unpaired) electrons. The largest absolute Gasteiger partial charge is 0.359 e. The lowest BCUT2D eigenvalue weighted by atomic mass is 9.65. The number of rotatable bonds is 1. The van der Waals surface area contributed by atoms with Gasteiger partial charge in [-0.25, -0.2) is 0 Å². The second kappa shape index (κ2) is 4.70. The Labute approximate surface area is 152 Å². The van der Waals surface area contributed by atoms with E-state index in [1.165, 1.54) is 0 Å². The molecule has 0 aromatic heterocycles. The highest BCUT2D eigenvalue weighted by Crippen LogP contribution is 2.63. The summed E-state index contributed by atoms with van der Waals surface area (Å²) in [6.07, 6.45) is 0.298. The van der Waals surface area contributed by atoms with Gasteiger partial charge in [-0.2, -0.15) is 5.26 Å². The predicted octanol–water partition coefficient (Wildman–Crippen LogP) is 2.15. The number of nitriles is 1. The Kier molecular flexibility index (Phi) is 2.91. The SMILES string of the molecule is C[C@@]12CC(=O)[C@]3(CCO[C@H]4[C@@H]3[C@@H]1C(=O)N4c1ccc(C#N)c(Br)c1)O2. The van der Waals surface area contributed by atoms with Crippen LogP contribution in [0.15, 0.2) is 22.7 Å². The topological polar surface area (TPSA) is 79.6 Å². The second-order valence-corrected chi connectivity index (χ2v) is 8.26. The number of Topliss-reactive ketones (excluding diaryl/α,β-unsaturated/α-hetero) is 1. The minimum absolute atomic E-state index is 0.0645. The van der Waals surface area contributed by atoms with E-state index in [0.29, 0.717) is 28.8 Å². The van der Waals surface area contributed by atoms with Crippen LogP contribution in [-0.4, -0.2) is 35.7 Å². The molecule has 5 atom stereocenters. The average Bonchev–Trinajstić information content (AvgIpc) is 3.11. The Bertz CT molecular complexity index is 880. The summed E-state index contributed by atoms with van der Waals surface area (Å²) in [5.74, 6) is -0.607. The minimum atomic E-state index is -0.878. The van der Waals surface area contributed by atoms with Gasteiger partial charge in [0.1, 0.15) is 17.9 Å². The fourth-order valence-electron chi connectivity index (χ4n) is 5.18. The molecule has 7 heteroatoms. The van der Waals surface area contributed by atoms with Crippen LogP contribution in [0, 0.1) is 23.2 Å². The number of amides is 1. The Morgan fingerprint density at radius 1 is 1.40 bits per heavy atom. The van der Waals surface area contributed by atoms with Gasteiger partial charge in [0, 0.05) is 23.0 Å². The number of nitrogens with zero attached hydrogens (tertiary/aromatic N) is 2. The van der Waals surface area contributed by atoms with Gasteiger partial charge >= 0.3 is 0 Å². The monoisotopic (exact) mass is 402 g/mol. The number of carbonyl (C=O) groups excluding carboxylic acids is 2. The van der Waals surface area contributed by atoms with Crippen molar-refractivity contribution in [3.8, 4) is 6.07 Å². The van der Waals surface area contributed by atoms with E-state index in [0.717, 1.165) is 0 Å². The first-order chi connectivity index (χ1) is 11.9. The molecule has 4 aliphatic heterocycles. The summed E-state index contributed by atoms with van der Waals surface area (Å²) < 4.78 is 12.8. The summed E-state index contributed by atoms with van der Waals surface area (Å²) in [4.78, 5) is 27.6. The van der Waals surface area contributed by atoms with Gasteiger partial charge in [0.25, 0.3) is 0 Å². The van der Waals surface area contributed by atoms with E-state index in [1.807, 2.05) is 6.92 Å². The number of hydrogen-bond donors (Lipinski definition) is 0. The molecule has 25 heavy (non-hydrogen) atoms. The molecular weight excluding hydrogens is 388 g/mol. The second-order valence-electron chi connectivity index (χ2n) is 7.40. The quantitative estimate of drug-likeness (QED) is 0.718. The molecule has 4 heterocycles. The highest BCUT2D eigenvalue weighted by molar-refractivity contribution is 9.10. The number of benzene rings is 1. The van der Waals surface area contributed by atoms with E-state index >= 15 is 0 Å². The average molecular weight is 403 g/mol. The van der Waals surface area contributed by atoms with Gasteiger partial charge in [-0.05, 0) is 41.1 Å². The standard InChI is InChI=1S/C18H15BrN2O4/c1-17-7-12(22)18(25-17)4-5-24-16-14(18)13(17)15(23)21(16)10-3-2-9(8-20)11(19)6-10/h2-3,6,13-14,16H,4-5,7H2,1H3/t13-,14+,16+,17-,18+/m1/s1. The van der Waals surface area contributed by atoms with Crippen molar-refractivity contribution in [2.45, 2.75) is 37.2 Å². The molecule has 6 nitrogen and oxygen atoms in total. The third-order valence-corrected chi connectivity index (χ3v) is 6.79. The molecule has 5 rings (SSSR count). The maximum absolute atomic E-state index is 13.3. The zero-order chi connectivity index (χ0) is 17.6. The van der Waals surface area contributed by atoms with Crippen LogP contribution in [0.5, 0.6) is 0 Å². The summed E-state index contributed by atoms with van der Waals surface area (Å²) in [5, 5.41) is 9.10. The van der Waals surface area contributed by atoms with Crippen molar-refractivity contribution >= 4 is 33.3 Å². The van der Waals surface area contributed by atoms with Crippen LogP contribution < -0.4 is 4.90 Å². The van der Waals surface area contributed by atoms with Crippen LogP contribution in [0.2, 0.25) is 0 Å². The molecule has 1 spiro atoms. The normalized spacial score (nSPS) is 41.2. The Morgan fingerprint density at radius 2 is 2.20 bits per heavy atom. The van der Waals surface area contributed by atoms with Crippen molar-refractivity contribution in [3.05, 3.63) is 28.2 Å².